The van der Waals surface area contributed by atoms with Gasteiger partial charge in [0.25, 0.3) is 0 Å². The second-order valence-corrected chi connectivity index (χ2v) is 24.4. The van der Waals surface area contributed by atoms with Crippen LogP contribution in [0.4, 0.5) is 16.2 Å². The number of β-amino-alcohol motifs (C(OH)–C–C–N with tert-alkyl or cyclic N) is 1. The maximum atomic E-state index is 17.3. The lowest BCUT2D eigenvalue weighted by molar-refractivity contribution is -0.144. The van der Waals surface area contributed by atoms with Crippen molar-refractivity contribution in [3.05, 3.63) is 70.3 Å². The fourth-order valence-electron chi connectivity index (χ4n) is 12.5. The number of benzene rings is 2. The van der Waals surface area contributed by atoms with Crippen LogP contribution < -0.4 is 31.3 Å². The van der Waals surface area contributed by atoms with E-state index in [0.717, 1.165) is 53.9 Å². The average Bonchev–Trinajstić information content (AvgIpc) is 4.42. The number of nitrogens with zero attached hydrogens (tertiary/aromatic N) is 9. The van der Waals surface area contributed by atoms with Crippen molar-refractivity contribution in [3.63, 3.8) is 0 Å². The standard InChI is InChI=1S/C56H69ClFN13O6S/c1-30(32-10-12-33(13-11-32)48-31(2)61-29-78-48)62-51(74)41-19-36(72)25-71(41)52(75)49(55(3,4)5)64-43(73)9-7-18-76-37-21-56(16-8-17-70(56)26-37)28-77-54-66-47-38(50(67-54)69-23-34-14-15-35(24-69)63-34)20-40(57)44(45(47)58)39-27-68(6)42-22-60-53(59)65-46(39)42/h10-13,20,22,27,29-30,34-37,41,49,63,72H,7-9,14-19,21,23-26,28H2,1-6H3,(H,62,74)(H,64,73)(H2,59,60,65)/t30-,34?,35?,36+,37-,41-,49+,56?/m0/s1. The Morgan fingerprint density at radius 3 is 2.55 bits per heavy atom. The monoisotopic (exact) mass is 1110 g/mol. The predicted octanol–water partition coefficient (Wildman–Crippen LogP) is 6.48. The first-order valence-corrected chi connectivity index (χ1v) is 28.4. The fourth-order valence-corrected chi connectivity index (χ4v) is 13.6. The van der Waals surface area contributed by atoms with Gasteiger partial charge in [-0.3, -0.25) is 19.3 Å². The second kappa shape index (κ2) is 21.5. The SMILES string of the molecule is Cc1ncsc1-c1ccc([C@H](C)NC(=O)[C@@H]2C[C@@H](O)CN2C(=O)[C@@H](NC(=O)CCCO[C@@H]2CN3CCCC3(COc3nc(N4CC5CCC(C4)N5)c4cc(Cl)c(-c5cn(C)c6cnc(N)nc56)c(F)c4n3)C2)C(C)(C)C)cc1. The summed E-state index contributed by atoms with van der Waals surface area (Å²) in [6.07, 6.45) is 7.65. The van der Waals surface area contributed by atoms with Gasteiger partial charge in [0.1, 0.15) is 35.5 Å². The number of likely N-dealkylation sites (tertiary alicyclic amines) is 1. The van der Waals surface area contributed by atoms with Gasteiger partial charge in [-0.05, 0) is 81.5 Å². The first kappa shape index (κ1) is 53.9. The summed E-state index contributed by atoms with van der Waals surface area (Å²) in [4.78, 5) is 71.6. The average molecular weight is 1110 g/mol. The van der Waals surface area contributed by atoms with Crippen molar-refractivity contribution in [2.45, 2.75) is 134 Å². The molecule has 0 saturated carbocycles. The minimum atomic E-state index is -0.946. The molecule has 5 fully saturated rings. The molecule has 3 amide bonds. The van der Waals surface area contributed by atoms with Crippen molar-refractivity contribution in [1.29, 1.82) is 0 Å². The molecule has 11 rings (SSSR count). The molecule has 5 saturated heterocycles. The third kappa shape index (κ3) is 10.6. The van der Waals surface area contributed by atoms with Gasteiger partial charge in [0.05, 0.1) is 56.6 Å². The number of rotatable bonds is 16. The molecule has 5 aliphatic rings. The van der Waals surface area contributed by atoms with Crippen LogP contribution in [0.2, 0.25) is 5.02 Å². The van der Waals surface area contributed by atoms with E-state index in [1.165, 1.54) is 4.90 Å². The Kier molecular flexibility index (Phi) is 14.9. The number of amides is 3. The lowest BCUT2D eigenvalue weighted by Gasteiger charge is -2.35. The quantitative estimate of drug-likeness (QED) is 0.0654. The van der Waals surface area contributed by atoms with Crippen molar-refractivity contribution in [1.82, 2.24) is 55.2 Å². The number of aromatic nitrogens is 6. The summed E-state index contributed by atoms with van der Waals surface area (Å²) in [5.41, 5.74) is 11.6. The number of nitrogen functional groups attached to an aromatic ring is 1. The number of piperazine rings is 1. The van der Waals surface area contributed by atoms with Gasteiger partial charge in [0, 0.05) is 87.5 Å². The number of anilines is 2. The number of carbonyl (C=O) groups is 3. The van der Waals surface area contributed by atoms with Crippen LogP contribution in [0.1, 0.15) is 96.4 Å². The molecule has 4 aromatic heterocycles. The van der Waals surface area contributed by atoms with E-state index in [1.807, 2.05) is 76.0 Å². The molecule has 2 aromatic carbocycles. The molecule has 3 unspecified atom stereocenters. The summed E-state index contributed by atoms with van der Waals surface area (Å²) in [5.74, 6) is -1.05. The van der Waals surface area contributed by atoms with Crippen molar-refractivity contribution in [2.75, 3.05) is 56.6 Å². The Hall–Kier alpha value is -6.10. The van der Waals surface area contributed by atoms with Crippen LogP contribution >= 0.6 is 22.9 Å². The Labute approximate surface area is 461 Å². The normalized spacial score (nSPS) is 24.0. The lowest BCUT2D eigenvalue weighted by atomic mass is 9.85. The Morgan fingerprint density at radius 1 is 1.05 bits per heavy atom. The van der Waals surface area contributed by atoms with Gasteiger partial charge < -0.3 is 50.6 Å². The molecule has 78 heavy (non-hydrogen) atoms. The van der Waals surface area contributed by atoms with E-state index in [-0.39, 0.29) is 95.6 Å². The molecule has 6 N–H and O–H groups in total. The first-order chi connectivity index (χ1) is 37.3. The van der Waals surface area contributed by atoms with Gasteiger partial charge >= 0.3 is 6.01 Å². The zero-order chi connectivity index (χ0) is 54.8. The van der Waals surface area contributed by atoms with E-state index < -0.39 is 35.3 Å². The molecular formula is C56H69ClFN13O6S. The number of carbonyl (C=O) groups excluding carboxylic acids is 3. The van der Waals surface area contributed by atoms with E-state index in [4.69, 9.17) is 36.8 Å². The zero-order valence-corrected chi connectivity index (χ0v) is 46.6. The van der Waals surface area contributed by atoms with Crippen LogP contribution in [0.15, 0.2) is 48.2 Å². The van der Waals surface area contributed by atoms with Crippen LogP contribution in [0.25, 0.3) is 43.5 Å². The lowest BCUT2D eigenvalue weighted by Crippen LogP contribution is -2.57. The molecule has 0 radical (unpaired) electrons. The smallest absolute Gasteiger partial charge is 0.319 e. The molecule has 0 spiro atoms. The summed E-state index contributed by atoms with van der Waals surface area (Å²) >= 11 is 8.58. The van der Waals surface area contributed by atoms with Gasteiger partial charge in [0.15, 0.2) is 5.82 Å². The van der Waals surface area contributed by atoms with Crippen LogP contribution in [0.3, 0.4) is 0 Å². The van der Waals surface area contributed by atoms with E-state index in [1.54, 1.807) is 29.8 Å². The van der Waals surface area contributed by atoms with Crippen molar-refractivity contribution < 1.29 is 33.4 Å². The highest BCUT2D eigenvalue weighted by Gasteiger charge is 2.50. The number of hydrogen-bond acceptors (Lipinski definition) is 16. The van der Waals surface area contributed by atoms with Crippen molar-refractivity contribution >= 4 is 74.4 Å². The molecule has 6 aromatic rings. The van der Waals surface area contributed by atoms with Gasteiger partial charge in [-0.1, -0.05) is 56.6 Å². The van der Waals surface area contributed by atoms with Crippen LogP contribution in [0.5, 0.6) is 6.01 Å². The van der Waals surface area contributed by atoms with Gasteiger partial charge in [-0.15, -0.1) is 11.3 Å². The van der Waals surface area contributed by atoms with Crippen molar-refractivity contribution in [3.8, 4) is 27.6 Å². The van der Waals surface area contributed by atoms with E-state index >= 15 is 4.39 Å². The summed E-state index contributed by atoms with van der Waals surface area (Å²) < 4.78 is 32.2. The zero-order valence-electron chi connectivity index (χ0n) is 45.0. The van der Waals surface area contributed by atoms with Crippen LogP contribution in [-0.4, -0.2) is 150 Å². The van der Waals surface area contributed by atoms with E-state index in [9.17, 15) is 19.5 Å². The third-order valence-electron chi connectivity index (χ3n) is 16.6. The predicted molar refractivity (Wildman–Crippen MR) is 298 cm³/mol. The highest BCUT2D eigenvalue weighted by Crippen LogP contribution is 2.44. The number of aliphatic hydroxyl groups is 1. The van der Waals surface area contributed by atoms with Crippen LogP contribution in [0, 0.1) is 18.2 Å². The first-order valence-electron chi connectivity index (χ1n) is 27.2. The minimum absolute atomic E-state index is 0.0165. The second-order valence-electron chi connectivity index (χ2n) is 23.2. The van der Waals surface area contributed by atoms with Gasteiger partial charge in [0.2, 0.25) is 23.7 Å². The maximum absolute atomic E-state index is 17.3. The molecular weight excluding hydrogens is 1040 g/mol. The molecule has 19 nitrogen and oxygen atoms in total. The molecule has 5 aliphatic heterocycles. The number of aryl methyl sites for hydroxylation is 2. The summed E-state index contributed by atoms with van der Waals surface area (Å²) in [6, 6.07) is 8.16. The number of nitrogens with two attached hydrogens (primary N) is 1. The molecule has 414 valence electrons. The summed E-state index contributed by atoms with van der Waals surface area (Å²) in [6.45, 7) is 13.0. The van der Waals surface area contributed by atoms with Crippen molar-refractivity contribution in [2.24, 2.45) is 12.5 Å². The Bertz CT molecular complexity index is 3250. The topological polar surface area (TPSA) is 231 Å². The molecule has 22 heteroatoms. The number of ether oxygens (including phenoxy) is 2. The Balaban J connectivity index is 0.721. The van der Waals surface area contributed by atoms with E-state index in [0.29, 0.717) is 66.9 Å². The van der Waals surface area contributed by atoms with Gasteiger partial charge in [-0.2, -0.15) is 9.97 Å². The number of aliphatic hydroxyl groups excluding tert-OH is 1. The minimum Gasteiger partial charge on any atom is -0.461 e. The summed E-state index contributed by atoms with van der Waals surface area (Å²) in [5, 5.41) is 21.2. The van der Waals surface area contributed by atoms with E-state index in [2.05, 4.69) is 40.7 Å². The third-order valence-corrected chi connectivity index (χ3v) is 17.9. The number of thiazole rings is 1. The molecule has 0 aliphatic carbocycles. The highest BCUT2D eigenvalue weighted by atomic mass is 35.5. The number of hydrogen-bond donors (Lipinski definition) is 5. The largest absolute Gasteiger partial charge is 0.461 e. The maximum Gasteiger partial charge on any atom is 0.319 e. The number of nitrogens with one attached hydrogen (secondary N) is 3. The summed E-state index contributed by atoms with van der Waals surface area (Å²) in [7, 11) is 1.83. The highest BCUT2D eigenvalue weighted by molar-refractivity contribution is 7.13. The number of fused-ring (bicyclic) bond motifs is 5. The molecule has 8 atom stereocenters. The Morgan fingerprint density at radius 2 is 1.82 bits per heavy atom. The fraction of sp³-hybridized carbons (Fsp3) is 0.536. The number of halogens is 2. The molecule has 2 bridgehead atoms. The molecule has 9 heterocycles. The van der Waals surface area contributed by atoms with Crippen LogP contribution in [-0.2, 0) is 26.2 Å². The van der Waals surface area contributed by atoms with Gasteiger partial charge in [-0.25, -0.2) is 19.3 Å².